The van der Waals surface area contributed by atoms with E-state index in [0.29, 0.717) is 29.4 Å². The van der Waals surface area contributed by atoms with E-state index in [1.165, 1.54) is 0 Å². The molecule has 138 valence electrons. The predicted molar refractivity (Wildman–Crippen MR) is 96.3 cm³/mol. The molecule has 7 heteroatoms. The molecule has 0 aliphatic carbocycles. The van der Waals surface area contributed by atoms with Crippen LogP contribution in [0, 0.1) is 0 Å². The second kappa shape index (κ2) is 9.93. The summed E-state index contributed by atoms with van der Waals surface area (Å²) in [5.41, 5.74) is 5.05. The van der Waals surface area contributed by atoms with Crippen molar-refractivity contribution >= 4 is 11.8 Å². The Hall–Kier alpha value is -3.22. The maximum absolute atomic E-state index is 12.0. The zero-order chi connectivity index (χ0) is 18.8. The lowest BCUT2D eigenvalue weighted by atomic mass is 10.2. The van der Waals surface area contributed by atoms with Crippen molar-refractivity contribution in [3.63, 3.8) is 0 Å². The number of methoxy groups -OCH3 is 1. The van der Waals surface area contributed by atoms with Gasteiger partial charge in [0.1, 0.15) is 17.2 Å². The second-order valence-corrected chi connectivity index (χ2v) is 5.34. The molecular weight excluding hydrogens is 336 g/mol. The summed E-state index contributed by atoms with van der Waals surface area (Å²) in [7, 11) is 1.57. The molecule has 0 aliphatic rings. The molecule has 0 aliphatic heterocycles. The molecule has 7 nitrogen and oxygen atoms in total. The average molecular weight is 358 g/mol. The lowest BCUT2D eigenvalue weighted by Gasteiger charge is -2.10. The molecule has 2 aromatic rings. The third-order valence-corrected chi connectivity index (χ3v) is 3.33. The van der Waals surface area contributed by atoms with Gasteiger partial charge in [0.15, 0.2) is 6.61 Å². The SMILES string of the molecule is CCCOc1ccc(C(=O)NNC(=O)COc2ccc(OC)cc2)cc1. The Labute approximate surface area is 152 Å². The molecule has 2 rings (SSSR count). The van der Waals surface area contributed by atoms with Crippen LogP contribution < -0.4 is 25.1 Å². The summed E-state index contributed by atoms with van der Waals surface area (Å²) in [6.45, 7) is 2.41. The zero-order valence-electron chi connectivity index (χ0n) is 14.8. The maximum Gasteiger partial charge on any atom is 0.276 e. The van der Waals surface area contributed by atoms with Gasteiger partial charge in [-0.15, -0.1) is 0 Å². The molecular formula is C19H22N2O5. The highest BCUT2D eigenvalue weighted by atomic mass is 16.5. The number of hydrogen-bond acceptors (Lipinski definition) is 5. The summed E-state index contributed by atoms with van der Waals surface area (Å²) in [5.74, 6) is 1.01. The molecule has 0 fully saturated rings. The Morgan fingerprint density at radius 2 is 1.42 bits per heavy atom. The molecule has 0 saturated heterocycles. The lowest BCUT2D eigenvalue weighted by Crippen LogP contribution is -2.43. The first kappa shape index (κ1) is 19.1. The van der Waals surface area contributed by atoms with Gasteiger partial charge in [-0.05, 0) is 55.0 Å². The van der Waals surface area contributed by atoms with Gasteiger partial charge in [-0.2, -0.15) is 0 Å². The van der Waals surface area contributed by atoms with E-state index in [-0.39, 0.29) is 6.61 Å². The summed E-state index contributed by atoms with van der Waals surface area (Å²) < 4.78 is 15.8. The average Bonchev–Trinajstić information content (AvgIpc) is 2.69. The summed E-state index contributed by atoms with van der Waals surface area (Å²) in [6, 6.07) is 13.5. The lowest BCUT2D eigenvalue weighted by molar-refractivity contribution is -0.123. The van der Waals surface area contributed by atoms with Gasteiger partial charge >= 0.3 is 0 Å². The first-order chi connectivity index (χ1) is 12.6. The van der Waals surface area contributed by atoms with E-state index >= 15 is 0 Å². The Morgan fingerprint density at radius 3 is 2.04 bits per heavy atom. The Morgan fingerprint density at radius 1 is 0.846 bits per heavy atom. The topological polar surface area (TPSA) is 85.9 Å². The number of ether oxygens (including phenoxy) is 3. The Kier molecular flexibility index (Phi) is 7.30. The van der Waals surface area contributed by atoms with Crippen LogP contribution in [0.4, 0.5) is 0 Å². The molecule has 2 N–H and O–H groups in total. The minimum absolute atomic E-state index is 0.226. The van der Waals surface area contributed by atoms with E-state index in [0.717, 1.165) is 6.42 Å². The van der Waals surface area contributed by atoms with Crippen LogP contribution in [0.3, 0.4) is 0 Å². The molecule has 0 atom stereocenters. The summed E-state index contributed by atoms with van der Waals surface area (Å²) in [5, 5.41) is 0. The first-order valence-corrected chi connectivity index (χ1v) is 8.21. The zero-order valence-corrected chi connectivity index (χ0v) is 14.8. The van der Waals surface area contributed by atoms with E-state index in [2.05, 4.69) is 10.9 Å². The van der Waals surface area contributed by atoms with Crippen molar-refractivity contribution in [2.75, 3.05) is 20.3 Å². The van der Waals surface area contributed by atoms with Crippen LogP contribution in [0.5, 0.6) is 17.2 Å². The van der Waals surface area contributed by atoms with Gasteiger partial charge in [0.25, 0.3) is 11.8 Å². The van der Waals surface area contributed by atoms with Gasteiger partial charge in [0, 0.05) is 5.56 Å². The van der Waals surface area contributed by atoms with Gasteiger partial charge in [0.05, 0.1) is 13.7 Å². The smallest absolute Gasteiger partial charge is 0.276 e. The summed E-state index contributed by atoms with van der Waals surface area (Å²) in [6.07, 6.45) is 0.910. The van der Waals surface area contributed by atoms with E-state index in [4.69, 9.17) is 14.2 Å². The fourth-order valence-corrected chi connectivity index (χ4v) is 1.98. The van der Waals surface area contributed by atoms with Crippen molar-refractivity contribution in [2.24, 2.45) is 0 Å². The molecule has 0 unspecified atom stereocenters. The largest absolute Gasteiger partial charge is 0.497 e. The van der Waals surface area contributed by atoms with Gasteiger partial charge in [-0.3, -0.25) is 20.4 Å². The van der Waals surface area contributed by atoms with Crippen LogP contribution in [0.1, 0.15) is 23.7 Å². The standard InChI is InChI=1S/C19H22N2O5/c1-3-12-25-16-6-4-14(5-7-16)19(23)21-20-18(22)13-26-17-10-8-15(24-2)9-11-17/h4-11H,3,12-13H2,1-2H3,(H,20,22)(H,21,23). The Balaban J connectivity index is 1.74. The summed E-state index contributed by atoms with van der Waals surface area (Å²) >= 11 is 0. The molecule has 0 heterocycles. The van der Waals surface area contributed by atoms with Crippen LogP contribution >= 0.6 is 0 Å². The highest BCUT2D eigenvalue weighted by Gasteiger charge is 2.08. The molecule has 0 radical (unpaired) electrons. The van der Waals surface area contributed by atoms with Gasteiger partial charge in [0.2, 0.25) is 0 Å². The quantitative estimate of drug-likeness (QED) is 0.708. The van der Waals surface area contributed by atoms with E-state index < -0.39 is 11.8 Å². The number of amides is 2. The molecule has 0 aromatic heterocycles. The van der Waals surface area contributed by atoms with Crippen molar-refractivity contribution in [1.29, 1.82) is 0 Å². The van der Waals surface area contributed by atoms with Crippen LogP contribution in [-0.2, 0) is 4.79 Å². The highest BCUT2D eigenvalue weighted by molar-refractivity contribution is 5.95. The van der Waals surface area contributed by atoms with E-state index in [1.54, 1.807) is 55.6 Å². The fourth-order valence-electron chi connectivity index (χ4n) is 1.98. The molecule has 0 bridgehead atoms. The van der Waals surface area contributed by atoms with E-state index in [9.17, 15) is 9.59 Å². The fraction of sp³-hybridized carbons (Fsp3) is 0.263. The highest BCUT2D eigenvalue weighted by Crippen LogP contribution is 2.16. The molecule has 26 heavy (non-hydrogen) atoms. The minimum Gasteiger partial charge on any atom is -0.497 e. The van der Waals surface area contributed by atoms with Crippen LogP contribution in [0.25, 0.3) is 0 Å². The summed E-state index contributed by atoms with van der Waals surface area (Å²) in [4.78, 5) is 23.7. The number of nitrogens with one attached hydrogen (secondary N) is 2. The van der Waals surface area contributed by atoms with Crippen molar-refractivity contribution < 1.29 is 23.8 Å². The number of hydrogen-bond donors (Lipinski definition) is 2. The van der Waals surface area contributed by atoms with E-state index in [1.807, 2.05) is 6.92 Å². The molecule has 0 saturated carbocycles. The van der Waals surface area contributed by atoms with Crippen LogP contribution in [0.15, 0.2) is 48.5 Å². The first-order valence-electron chi connectivity index (χ1n) is 8.21. The monoisotopic (exact) mass is 358 g/mol. The number of benzene rings is 2. The number of rotatable bonds is 8. The predicted octanol–water partition coefficient (Wildman–Crippen LogP) is 2.32. The van der Waals surface area contributed by atoms with Gasteiger partial charge in [-0.1, -0.05) is 6.92 Å². The van der Waals surface area contributed by atoms with Gasteiger partial charge in [-0.25, -0.2) is 0 Å². The maximum atomic E-state index is 12.0. The number of carbonyl (C=O) groups is 2. The van der Waals surface area contributed by atoms with Crippen molar-refractivity contribution in [3.05, 3.63) is 54.1 Å². The van der Waals surface area contributed by atoms with Crippen LogP contribution in [-0.4, -0.2) is 32.1 Å². The van der Waals surface area contributed by atoms with Crippen LogP contribution in [0.2, 0.25) is 0 Å². The third kappa shape index (κ3) is 6.01. The molecule has 0 spiro atoms. The minimum atomic E-state index is -0.475. The molecule has 2 amide bonds. The third-order valence-electron chi connectivity index (χ3n) is 3.33. The van der Waals surface area contributed by atoms with Crippen molar-refractivity contribution in [3.8, 4) is 17.2 Å². The second-order valence-electron chi connectivity index (χ2n) is 5.34. The van der Waals surface area contributed by atoms with Gasteiger partial charge < -0.3 is 14.2 Å². The van der Waals surface area contributed by atoms with Crippen molar-refractivity contribution in [2.45, 2.75) is 13.3 Å². The number of hydrazine groups is 1. The Bertz CT molecular complexity index is 714. The normalized spacial score (nSPS) is 9.92. The molecule has 2 aromatic carbocycles. The number of carbonyl (C=O) groups excluding carboxylic acids is 2. The van der Waals surface area contributed by atoms with Crippen molar-refractivity contribution in [1.82, 2.24) is 10.9 Å².